The quantitative estimate of drug-likeness (QED) is 0.0321. The highest BCUT2D eigenvalue weighted by molar-refractivity contribution is 5.76. The molecule has 0 aromatic carbocycles. The van der Waals surface area contributed by atoms with Crippen LogP contribution in [-0.2, 0) is 14.3 Å². The van der Waals surface area contributed by atoms with Crippen molar-refractivity contribution in [2.75, 3.05) is 13.2 Å². The molecule has 0 radical (unpaired) electrons. The van der Waals surface area contributed by atoms with E-state index in [2.05, 4.69) is 31.3 Å². The van der Waals surface area contributed by atoms with Crippen LogP contribution in [0.5, 0.6) is 0 Å². The second-order valence-corrected chi connectivity index (χ2v) is 21.4. The standard InChI is InChI=1S/C62H121NO5/c1-3-5-7-9-11-13-14-15-16-26-30-33-36-40-44-48-52-56-62(67)68-57-53-49-45-41-37-34-31-28-25-23-21-19-17-18-20-22-24-27-29-32-35-39-43-47-51-55-61(66)63-59(58-64)60(65)54-50-46-42-38-12-10-8-6-4-2/h18,20,59-60,64-65H,3-17,19,21-58H2,1-2H3,(H,63,66)/b20-18-. The molecule has 0 saturated carbocycles. The Kier molecular flexibility index (Phi) is 57.0. The summed E-state index contributed by atoms with van der Waals surface area (Å²) in [5.41, 5.74) is 0. The van der Waals surface area contributed by atoms with E-state index in [1.807, 2.05) is 0 Å². The van der Waals surface area contributed by atoms with Gasteiger partial charge in [0, 0.05) is 12.8 Å². The molecule has 6 nitrogen and oxygen atoms in total. The zero-order valence-electron chi connectivity index (χ0n) is 46.1. The highest BCUT2D eigenvalue weighted by Gasteiger charge is 2.20. The van der Waals surface area contributed by atoms with E-state index in [1.165, 1.54) is 276 Å². The van der Waals surface area contributed by atoms with Gasteiger partial charge in [-0.3, -0.25) is 9.59 Å². The predicted molar refractivity (Wildman–Crippen MR) is 297 cm³/mol. The molecule has 3 N–H and O–H groups in total. The number of hydrogen-bond acceptors (Lipinski definition) is 5. The molecule has 2 atom stereocenters. The van der Waals surface area contributed by atoms with Gasteiger partial charge in [0.1, 0.15) is 0 Å². The Hall–Kier alpha value is -1.40. The molecular formula is C62H121NO5. The Labute approximate surface area is 425 Å². The highest BCUT2D eigenvalue weighted by atomic mass is 16.5. The molecular weight excluding hydrogens is 839 g/mol. The third-order valence-corrected chi connectivity index (χ3v) is 14.6. The molecule has 0 spiro atoms. The van der Waals surface area contributed by atoms with E-state index >= 15 is 0 Å². The fraction of sp³-hybridized carbons (Fsp3) is 0.935. The van der Waals surface area contributed by atoms with Gasteiger partial charge in [-0.05, 0) is 51.4 Å². The molecule has 0 aromatic heterocycles. The Morgan fingerprint density at radius 3 is 1.04 bits per heavy atom. The first-order valence-corrected chi connectivity index (χ1v) is 30.9. The van der Waals surface area contributed by atoms with Gasteiger partial charge in [0.25, 0.3) is 0 Å². The molecule has 2 unspecified atom stereocenters. The predicted octanol–water partition coefficient (Wildman–Crippen LogP) is 19.2. The number of unbranched alkanes of at least 4 members (excludes halogenated alkanes) is 45. The smallest absolute Gasteiger partial charge is 0.305 e. The average molecular weight is 961 g/mol. The van der Waals surface area contributed by atoms with Gasteiger partial charge >= 0.3 is 5.97 Å². The molecule has 0 aliphatic rings. The first kappa shape index (κ1) is 66.6. The van der Waals surface area contributed by atoms with Crippen molar-refractivity contribution in [3.8, 4) is 0 Å². The maximum Gasteiger partial charge on any atom is 0.305 e. The molecule has 0 aromatic rings. The number of carbonyl (C=O) groups excluding carboxylic acids is 2. The average Bonchev–Trinajstić information content (AvgIpc) is 3.34. The van der Waals surface area contributed by atoms with Crippen LogP contribution < -0.4 is 5.32 Å². The van der Waals surface area contributed by atoms with E-state index in [1.54, 1.807) is 0 Å². The fourth-order valence-electron chi connectivity index (χ4n) is 9.81. The van der Waals surface area contributed by atoms with Crippen molar-refractivity contribution in [1.29, 1.82) is 0 Å². The second kappa shape index (κ2) is 58.2. The minimum Gasteiger partial charge on any atom is -0.466 e. The summed E-state index contributed by atoms with van der Waals surface area (Å²) in [6, 6.07) is -0.541. The van der Waals surface area contributed by atoms with Crippen LogP contribution >= 0.6 is 0 Å². The van der Waals surface area contributed by atoms with Crippen molar-refractivity contribution in [2.45, 2.75) is 360 Å². The molecule has 404 valence electrons. The fourth-order valence-corrected chi connectivity index (χ4v) is 9.81. The molecule has 68 heavy (non-hydrogen) atoms. The lowest BCUT2D eigenvalue weighted by Gasteiger charge is -2.22. The Morgan fingerprint density at radius 1 is 0.397 bits per heavy atom. The largest absolute Gasteiger partial charge is 0.466 e. The van der Waals surface area contributed by atoms with Crippen molar-refractivity contribution in [2.24, 2.45) is 0 Å². The van der Waals surface area contributed by atoms with Gasteiger partial charge in [-0.15, -0.1) is 0 Å². The van der Waals surface area contributed by atoms with E-state index in [9.17, 15) is 19.8 Å². The Morgan fingerprint density at radius 2 is 0.691 bits per heavy atom. The summed E-state index contributed by atoms with van der Waals surface area (Å²) >= 11 is 0. The first-order valence-electron chi connectivity index (χ1n) is 30.9. The van der Waals surface area contributed by atoms with E-state index in [0.29, 0.717) is 25.9 Å². The number of aliphatic hydroxyl groups excluding tert-OH is 2. The van der Waals surface area contributed by atoms with Gasteiger partial charge in [0.15, 0.2) is 0 Å². The van der Waals surface area contributed by atoms with Gasteiger partial charge in [0.2, 0.25) is 5.91 Å². The van der Waals surface area contributed by atoms with Gasteiger partial charge in [0.05, 0.1) is 25.4 Å². The number of allylic oxidation sites excluding steroid dienone is 2. The molecule has 6 heteroatoms. The molecule has 0 aliphatic heterocycles. The molecule has 0 saturated heterocycles. The van der Waals surface area contributed by atoms with Gasteiger partial charge < -0.3 is 20.3 Å². The number of ether oxygens (including phenoxy) is 1. The van der Waals surface area contributed by atoms with Crippen LogP contribution in [0.15, 0.2) is 12.2 Å². The molecule has 0 bridgehead atoms. The third kappa shape index (κ3) is 53.9. The normalized spacial score (nSPS) is 12.6. The Balaban J connectivity index is 3.34. The summed E-state index contributed by atoms with van der Waals surface area (Å²) in [6.45, 7) is 4.95. The molecule has 0 rings (SSSR count). The molecule has 0 aliphatic carbocycles. The summed E-state index contributed by atoms with van der Waals surface area (Å²) in [7, 11) is 0. The lowest BCUT2D eigenvalue weighted by molar-refractivity contribution is -0.143. The number of rotatable bonds is 58. The minimum absolute atomic E-state index is 0.0179. The number of esters is 1. The maximum atomic E-state index is 12.4. The third-order valence-electron chi connectivity index (χ3n) is 14.6. The van der Waals surface area contributed by atoms with E-state index in [-0.39, 0.29) is 18.5 Å². The maximum absolute atomic E-state index is 12.4. The number of nitrogens with one attached hydrogen (secondary N) is 1. The second-order valence-electron chi connectivity index (χ2n) is 21.4. The highest BCUT2D eigenvalue weighted by Crippen LogP contribution is 2.18. The van der Waals surface area contributed by atoms with Crippen LogP contribution in [0.1, 0.15) is 348 Å². The zero-order valence-corrected chi connectivity index (χ0v) is 46.1. The van der Waals surface area contributed by atoms with Gasteiger partial charge in [-0.2, -0.15) is 0 Å². The van der Waals surface area contributed by atoms with Crippen LogP contribution in [0.4, 0.5) is 0 Å². The van der Waals surface area contributed by atoms with Crippen LogP contribution in [0.3, 0.4) is 0 Å². The van der Waals surface area contributed by atoms with Crippen molar-refractivity contribution < 1.29 is 24.5 Å². The van der Waals surface area contributed by atoms with Crippen LogP contribution in [0, 0.1) is 0 Å². The summed E-state index contributed by atoms with van der Waals surface area (Å²) in [6.07, 6.45) is 69.5. The van der Waals surface area contributed by atoms with E-state index < -0.39 is 12.1 Å². The van der Waals surface area contributed by atoms with Gasteiger partial charge in [-0.1, -0.05) is 296 Å². The summed E-state index contributed by atoms with van der Waals surface area (Å²) in [5.74, 6) is -0.0213. The van der Waals surface area contributed by atoms with Crippen molar-refractivity contribution >= 4 is 11.9 Å². The minimum atomic E-state index is -0.663. The van der Waals surface area contributed by atoms with Crippen molar-refractivity contribution in [3.63, 3.8) is 0 Å². The first-order chi connectivity index (χ1) is 33.5. The van der Waals surface area contributed by atoms with Crippen LogP contribution in [0.2, 0.25) is 0 Å². The number of amides is 1. The van der Waals surface area contributed by atoms with E-state index in [4.69, 9.17) is 4.74 Å². The molecule has 0 fully saturated rings. The van der Waals surface area contributed by atoms with Crippen molar-refractivity contribution in [3.05, 3.63) is 12.2 Å². The summed E-state index contributed by atoms with van der Waals surface area (Å²) < 4.78 is 5.50. The van der Waals surface area contributed by atoms with Gasteiger partial charge in [-0.25, -0.2) is 0 Å². The lowest BCUT2D eigenvalue weighted by atomic mass is 10.0. The monoisotopic (exact) mass is 960 g/mol. The summed E-state index contributed by atoms with van der Waals surface area (Å²) in [4.78, 5) is 24.5. The van der Waals surface area contributed by atoms with E-state index in [0.717, 1.165) is 38.5 Å². The van der Waals surface area contributed by atoms with Crippen LogP contribution in [0.25, 0.3) is 0 Å². The van der Waals surface area contributed by atoms with Crippen LogP contribution in [-0.4, -0.2) is 47.4 Å². The molecule has 0 heterocycles. The number of carbonyl (C=O) groups is 2. The van der Waals surface area contributed by atoms with Crippen molar-refractivity contribution in [1.82, 2.24) is 5.32 Å². The number of hydrogen-bond donors (Lipinski definition) is 3. The lowest BCUT2D eigenvalue weighted by Crippen LogP contribution is -2.45. The number of aliphatic hydroxyl groups is 2. The molecule has 1 amide bonds. The Bertz CT molecular complexity index is 1020. The zero-order chi connectivity index (χ0) is 49.3. The SMILES string of the molecule is CCCCCCCCCCCCCCCCCCCC(=O)OCCCCCCCCCCCCCC/C=C\CCCCCCCCCCCC(=O)NC(CO)C(O)CCCCCCCCCCC. The topological polar surface area (TPSA) is 95.9 Å². The summed E-state index contributed by atoms with van der Waals surface area (Å²) in [5, 5.41) is 23.1.